The maximum Gasteiger partial charge on any atom is 0.196 e. The van der Waals surface area contributed by atoms with Gasteiger partial charge in [-0.05, 0) is 29.9 Å². The highest BCUT2D eigenvalue weighted by Gasteiger charge is 2.19. The molecule has 0 unspecified atom stereocenters. The molecule has 0 aliphatic rings. The summed E-state index contributed by atoms with van der Waals surface area (Å²) in [5.74, 6) is -2.52. The molecule has 0 saturated carbocycles. The third kappa shape index (κ3) is 3.40. The summed E-state index contributed by atoms with van der Waals surface area (Å²) in [5, 5.41) is 2.86. The summed E-state index contributed by atoms with van der Waals surface area (Å²) in [4.78, 5) is 0. The molecule has 0 spiro atoms. The molecule has 0 radical (unpaired) electrons. The normalized spacial score (nSPS) is 11.7. The smallest absolute Gasteiger partial charge is 0.196 e. The Kier molecular flexibility index (Phi) is 5.05. The maximum atomic E-state index is 13.4. The van der Waals surface area contributed by atoms with E-state index in [9.17, 15) is 13.2 Å². The fourth-order valence-corrected chi connectivity index (χ4v) is 2.13. The molecule has 0 atom stereocenters. The summed E-state index contributed by atoms with van der Waals surface area (Å²) in [7, 11) is 0. The number of hydrogen-bond acceptors (Lipinski definition) is 1. The third-order valence-corrected chi connectivity index (χ3v) is 3.28. The largest absolute Gasteiger partial charge is 0.382 e. The molecule has 0 bridgehead atoms. The van der Waals surface area contributed by atoms with Gasteiger partial charge >= 0.3 is 0 Å². The van der Waals surface area contributed by atoms with E-state index in [-0.39, 0.29) is 5.69 Å². The minimum atomic E-state index is -1.43. The second-order valence-corrected chi connectivity index (χ2v) is 5.26. The highest BCUT2D eigenvalue weighted by atomic mass is 19.2. The topological polar surface area (TPSA) is 12.0 Å². The van der Waals surface area contributed by atoms with Crippen LogP contribution in [0.15, 0.2) is 12.1 Å². The van der Waals surface area contributed by atoms with Gasteiger partial charge in [-0.1, -0.05) is 27.7 Å². The van der Waals surface area contributed by atoms with Crippen molar-refractivity contribution in [3.63, 3.8) is 0 Å². The predicted octanol–water partition coefficient (Wildman–Crippen LogP) is 4.44. The van der Waals surface area contributed by atoms with Gasteiger partial charge in [0.2, 0.25) is 0 Å². The number of benzene rings is 1. The van der Waals surface area contributed by atoms with Crippen molar-refractivity contribution < 1.29 is 13.2 Å². The summed E-state index contributed by atoms with van der Waals surface area (Å²) < 4.78 is 39.3. The molecule has 0 saturated heterocycles. The van der Waals surface area contributed by atoms with Crippen LogP contribution in [0.1, 0.15) is 27.7 Å². The van der Waals surface area contributed by atoms with Crippen molar-refractivity contribution in [1.82, 2.24) is 0 Å². The average molecular weight is 259 g/mol. The van der Waals surface area contributed by atoms with Gasteiger partial charge in [-0.3, -0.25) is 0 Å². The lowest BCUT2D eigenvalue weighted by Gasteiger charge is -2.25. The zero-order chi connectivity index (χ0) is 13.9. The van der Waals surface area contributed by atoms with Gasteiger partial charge in [0.05, 0.1) is 5.69 Å². The molecule has 1 N–H and O–H groups in total. The van der Waals surface area contributed by atoms with Crippen molar-refractivity contribution in [1.29, 1.82) is 0 Å². The second kappa shape index (κ2) is 6.12. The van der Waals surface area contributed by atoms with Crippen LogP contribution in [-0.4, -0.2) is 6.54 Å². The zero-order valence-electron chi connectivity index (χ0n) is 11.2. The molecule has 18 heavy (non-hydrogen) atoms. The number of halogens is 3. The van der Waals surface area contributed by atoms with Gasteiger partial charge < -0.3 is 5.32 Å². The van der Waals surface area contributed by atoms with Crippen LogP contribution in [0.2, 0.25) is 0 Å². The lowest BCUT2D eigenvalue weighted by molar-refractivity contribution is 0.304. The summed E-state index contributed by atoms with van der Waals surface area (Å²) in [6, 6.07) is 2.16. The predicted molar refractivity (Wildman–Crippen MR) is 68.0 cm³/mol. The van der Waals surface area contributed by atoms with Crippen LogP contribution in [0.4, 0.5) is 18.9 Å². The van der Waals surface area contributed by atoms with E-state index in [1.54, 1.807) is 0 Å². The van der Waals surface area contributed by atoms with Crippen LogP contribution in [0.3, 0.4) is 0 Å². The fraction of sp³-hybridized carbons (Fsp3) is 0.571. The Morgan fingerprint density at radius 3 is 2.00 bits per heavy atom. The molecule has 4 heteroatoms. The Labute approximate surface area is 106 Å². The first-order valence-electron chi connectivity index (χ1n) is 6.22. The number of hydrogen-bond donors (Lipinski definition) is 1. The Hall–Kier alpha value is -1.19. The van der Waals surface area contributed by atoms with E-state index in [0.717, 1.165) is 6.07 Å². The molecule has 0 heterocycles. The molecule has 0 amide bonds. The standard InChI is InChI=1S/C14H20F3N/c1-8(2)10(9(3)4)7-18-12-6-5-11(15)13(16)14(12)17/h5-6,8-10,18H,7H2,1-4H3. The van der Waals surface area contributed by atoms with E-state index in [2.05, 4.69) is 33.0 Å². The van der Waals surface area contributed by atoms with E-state index in [0.29, 0.717) is 24.3 Å². The van der Waals surface area contributed by atoms with Crippen LogP contribution in [-0.2, 0) is 0 Å². The number of rotatable bonds is 5. The first kappa shape index (κ1) is 14.9. The van der Waals surface area contributed by atoms with Crippen molar-refractivity contribution in [3.05, 3.63) is 29.6 Å². The van der Waals surface area contributed by atoms with Crippen LogP contribution in [0.25, 0.3) is 0 Å². The van der Waals surface area contributed by atoms with Gasteiger partial charge in [0.1, 0.15) is 0 Å². The molecular formula is C14H20F3N. The quantitative estimate of drug-likeness (QED) is 0.771. The fourth-order valence-electron chi connectivity index (χ4n) is 2.13. The monoisotopic (exact) mass is 259 g/mol. The molecule has 0 aliphatic heterocycles. The van der Waals surface area contributed by atoms with Crippen molar-refractivity contribution in [2.45, 2.75) is 27.7 Å². The van der Waals surface area contributed by atoms with Gasteiger partial charge in [-0.2, -0.15) is 0 Å². The number of nitrogens with one attached hydrogen (secondary N) is 1. The van der Waals surface area contributed by atoms with Crippen molar-refractivity contribution >= 4 is 5.69 Å². The van der Waals surface area contributed by atoms with E-state index >= 15 is 0 Å². The minimum absolute atomic E-state index is 0.0141. The van der Waals surface area contributed by atoms with Gasteiger partial charge in [-0.25, -0.2) is 13.2 Å². The first-order chi connectivity index (χ1) is 8.34. The van der Waals surface area contributed by atoms with E-state index < -0.39 is 17.5 Å². The molecule has 0 fully saturated rings. The third-order valence-electron chi connectivity index (χ3n) is 3.28. The van der Waals surface area contributed by atoms with Crippen molar-refractivity contribution in [3.8, 4) is 0 Å². The zero-order valence-corrected chi connectivity index (χ0v) is 11.2. The maximum absolute atomic E-state index is 13.4. The molecule has 1 aromatic rings. The summed E-state index contributed by atoms with van der Waals surface area (Å²) in [6.07, 6.45) is 0. The Morgan fingerprint density at radius 2 is 1.50 bits per heavy atom. The van der Waals surface area contributed by atoms with Gasteiger partial charge in [0.15, 0.2) is 17.5 Å². The Morgan fingerprint density at radius 1 is 0.944 bits per heavy atom. The van der Waals surface area contributed by atoms with E-state index in [1.165, 1.54) is 6.07 Å². The van der Waals surface area contributed by atoms with Crippen molar-refractivity contribution in [2.75, 3.05) is 11.9 Å². The highest BCUT2D eigenvalue weighted by molar-refractivity contribution is 5.45. The molecule has 0 aliphatic carbocycles. The Balaban J connectivity index is 2.77. The molecule has 1 aromatic carbocycles. The first-order valence-corrected chi connectivity index (χ1v) is 6.22. The van der Waals surface area contributed by atoms with Gasteiger partial charge in [0, 0.05) is 6.54 Å². The second-order valence-electron chi connectivity index (χ2n) is 5.26. The highest BCUT2D eigenvalue weighted by Crippen LogP contribution is 2.24. The molecule has 1 nitrogen and oxygen atoms in total. The lowest BCUT2D eigenvalue weighted by atomic mass is 9.85. The van der Waals surface area contributed by atoms with E-state index in [1.807, 2.05) is 0 Å². The summed E-state index contributed by atoms with van der Waals surface area (Å²) >= 11 is 0. The van der Waals surface area contributed by atoms with Gasteiger partial charge in [0.25, 0.3) is 0 Å². The molecule has 0 aromatic heterocycles. The Bertz CT molecular complexity index is 394. The molecule has 1 rings (SSSR count). The number of anilines is 1. The summed E-state index contributed by atoms with van der Waals surface area (Å²) in [5.41, 5.74) is 0.0141. The van der Waals surface area contributed by atoms with Crippen LogP contribution in [0.5, 0.6) is 0 Å². The van der Waals surface area contributed by atoms with Crippen molar-refractivity contribution in [2.24, 2.45) is 17.8 Å². The van der Waals surface area contributed by atoms with Crippen LogP contribution >= 0.6 is 0 Å². The lowest BCUT2D eigenvalue weighted by Crippen LogP contribution is -2.25. The minimum Gasteiger partial charge on any atom is -0.382 e. The SMILES string of the molecule is CC(C)C(CNc1ccc(F)c(F)c1F)C(C)C. The average Bonchev–Trinajstić information content (AvgIpc) is 2.28. The summed E-state index contributed by atoms with van der Waals surface area (Å²) in [6.45, 7) is 8.90. The molecular weight excluding hydrogens is 239 g/mol. The van der Waals surface area contributed by atoms with Crippen LogP contribution < -0.4 is 5.32 Å². The van der Waals surface area contributed by atoms with Crippen LogP contribution in [0, 0.1) is 35.2 Å². The van der Waals surface area contributed by atoms with Gasteiger partial charge in [-0.15, -0.1) is 0 Å². The molecule has 102 valence electrons. The van der Waals surface area contributed by atoms with E-state index in [4.69, 9.17) is 0 Å².